The zero-order valence-electron chi connectivity index (χ0n) is 4.42. The van der Waals surface area contributed by atoms with E-state index in [4.69, 9.17) is 4.57 Å². The summed E-state index contributed by atoms with van der Waals surface area (Å²) in [7, 11) is 1.72. The standard InChI is InChI=1S/Fe.K.HOP.V.Zn.H/c;;1-2;;;/h;;2H;;;/q;+1;;;;-1. The minimum Gasteiger partial charge on any atom is -1.00 e. The van der Waals surface area contributed by atoms with Gasteiger partial charge in [0.2, 0.25) is 0 Å². The Balaban J connectivity index is -0.000000000500. The van der Waals surface area contributed by atoms with Crippen molar-refractivity contribution in [3.8, 4) is 0 Å². The van der Waals surface area contributed by atoms with E-state index in [9.17, 15) is 0 Å². The van der Waals surface area contributed by atoms with Crippen molar-refractivity contribution in [3.63, 3.8) is 0 Å². The Morgan fingerprint density at radius 1 is 1.33 bits per heavy atom. The van der Waals surface area contributed by atoms with Crippen LogP contribution in [0, 0.1) is 0 Å². The van der Waals surface area contributed by atoms with Gasteiger partial charge in [-0.1, -0.05) is 0 Å². The fourth-order valence-electron chi connectivity index (χ4n) is 0. The van der Waals surface area contributed by atoms with Crippen molar-refractivity contribution < 1.29 is 112 Å². The molecule has 0 aliphatic rings. The molecule has 0 aromatic heterocycles. The summed E-state index contributed by atoms with van der Waals surface area (Å²) in [6.45, 7) is 0. The maximum Gasteiger partial charge on any atom is 1.00 e. The van der Waals surface area contributed by atoms with E-state index in [-0.39, 0.29) is 108 Å². The zero-order chi connectivity index (χ0) is 2.00. The fourth-order valence-corrected chi connectivity index (χ4v) is 0. The van der Waals surface area contributed by atoms with Gasteiger partial charge in [-0.15, -0.1) is 0 Å². The van der Waals surface area contributed by atoms with Gasteiger partial charge in [-0.05, 0) is 0 Å². The first-order valence-corrected chi connectivity index (χ1v) is 0.612. The molecule has 0 rings (SSSR count). The molecule has 0 fully saturated rings. The van der Waals surface area contributed by atoms with Crippen molar-refractivity contribution in [1.82, 2.24) is 0 Å². The summed E-state index contributed by atoms with van der Waals surface area (Å²) in [5, 5.41) is 0. The van der Waals surface area contributed by atoms with Crippen LogP contribution in [0.5, 0.6) is 0 Å². The first-order chi connectivity index (χ1) is 1.00. The Kier molecular flexibility index (Phi) is 223. The molecule has 6 heteroatoms. The van der Waals surface area contributed by atoms with Gasteiger partial charge in [0.15, 0.2) is 0 Å². The van der Waals surface area contributed by atoms with Crippen LogP contribution >= 0.6 is 9.12 Å². The van der Waals surface area contributed by atoms with Crippen LogP contribution in [0.25, 0.3) is 0 Å². The summed E-state index contributed by atoms with van der Waals surface area (Å²) in [5.41, 5.74) is 0. The average Bonchev–Trinajstić information content (AvgIpc) is 1.00. The van der Waals surface area contributed by atoms with Crippen LogP contribution < -0.4 is 51.4 Å². The van der Waals surface area contributed by atoms with E-state index in [0.29, 0.717) is 0 Å². The Morgan fingerprint density at radius 2 is 1.33 bits per heavy atom. The van der Waals surface area contributed by atoms with Crippen LogP contribution in [-0.2, 0) is 59.7 Å². The third-order valence-electron chi connectivity index (χ3n) is 0. The van der Waals surface area contributed by atoms with Crippen LogP contribution in [0.4, 0.5) is 0 Å². The first kappa shape index (κ1) is 34.0. The molecule has 0 spiro atoms. The Bertz CT molecular complexity index is 19.7. The predicted octanol–water partition coefficient (Wildman–Crippen LogP) is -2.42. The summed E-state index contributed by atoms with van der Waals surface area (Å²) >= 11 is 0. The summed E-state index contributed by atoms with van der Waals surface area (Å²) in [6.07, 6.45) is 0. The van der Waals surface area contributed by atoms with Crippen LogP contribution in [0.1, 0.15) is 1.43 Å². The van der Waals surface area contributed by atoms with Gasteiger partial charge >= 0.3 is 51.4 Å². The molecule has 1 radical (unpaired) electrons. The van der Waals surface area contributed by atoms with E-state index in [2.05, 4.69) is 0 Å². The number of hydrogen-bond acceptors (Lipinski definition) is 1. The van der Waals surface area contributed by atoms with Crippen LogP contribution in [0.3, 0.4) is 0 Å². The summed E-state index contributed by atoms with van der Waals surface area (Å²) in [5.74, 6) is 0. The summed E-state index contributed by atoms with van der Waals surface area (Å²) < 4.78 is 8.06. The van der Waals surface area contributed by atoms with Gasteiger partial charge in [0.25, 0.3) is 0 Å². The van der Waals surface area contributed by atoms with E-state index >= 15 is 0 Å². The largest absolute Gasteiger partial charge is 1.00 e. The van der Waals surface area contributed by atoms with Gasteiger partial charge in [-0.3, -0.25) is 4.57 Å². The molecule has 6 heavy (non-hydrogen) atoms. The monoisotopic (exact) mass is 259 g/mol. The maximum absolute atomic E-state index is 8.06. The number of hydrogen-bond donors (Lipinski definition) is 0. The van der Waals surface area contributed by atoms with Crippen molar-refractivity contribution in [2.24, 2.45) is 0 Å². The summed E-state index contributed by atoms with van der Waals surface area (Å²) in [4.78, 5) is 0. The van der Waals surface area contributed by atoms with Crippen molar-refractivity contribution in [1.29, 1.82) is 0 Å². The van der Waals surface area contributed by atoms with Gasteiger partial charge in [0, 0.05) is 55.1 Å². The molecular weight excluding hydrogens is 258 g/mol. The molecule has 29 valence electrons. The molecule has 0 saturated heterocycles. The molecule has 0 aromatic carbocycles. The van der Waals surface area contributed by atoms with Gasteiger partial charge in [-0.25, -0.2) is 0 Å². The topological polar surface area (TPSA) is 17.1 Å². The smallest absolute Gasteiger partial charge is 1.00 e. The van der Waals surface area contributed by atoms with Crippen molar-refractivity contribution in [2.45, 2.75) is 0 Å². The average molecular weight is 260 g/mol. The Hall–Kier alpha value is 3.46. The molecule has 0 unspecified atom stereocenters. The molecule has 0 aliphatic heterocycles. The molecule has 0 heterocycles. The normalized spacial score (nSPS) is 0.667. The van der Waals surface area contributed by atoms with E-state index in [1.165, 1.54) is 0 Å². The SMILES string of the molecule is O=P.[Fe].[H-].[K+].[V].[Zn]. The van der Waals surface area contributed by atoms with Crippen LogP contribution in [0.15, 0.2) is 0 Å². The van der Waals surface area contributed by atoms with E-state index in [0.717, 1.165) is 0 Å². The molecule has 1 nitrogen and oxygen atoms in total. The molecule has 0 N–H and O–H groups in total. The Morgan fingerprint density at radius 3 is 1.33 bits per heavy atom. The second kappa shape index (κ2) is 39.3. The molecular formula is H2FeKOPVZn. The molecule has 0 bridgehead atoms. The second-order valence-corrected chi connectivity index (χ2v) is 0. The maximum atomic E-state index is 8.06. The van der Waals surface area contributed by atoms with Crippen molar-refractivity contribution in [2.75, 3.05) is 0 Å². The molecule has 0 saturated carbocycles. The quantitative estimate of drug-likeness (QED) is 0.350. The van der Waals surface area contributed by atoms with Crippen LogP contribution in [0.2, 0.25) is 0 Å². The van der Waals surface area contributed by atoms with E-state index < -0.39 is 0 Å². The Labute approximate surface area is 119 Å². The minimum absolute atomic E-state index is 0. The van der Waals surface area contributed by atoms with Crippen LogP contribution in [-0.4, -0.2) is 0 Å². The van der Waals surface area contributed by atoms with Crippen molar-refractivity contribution in [3.05, 3.63) is 0 Å². The van der Waals surface area contributed by atoms with Gasteiger partial charge < -0.3 is 1.43 Å². The van der Waals surface area contributed by atoms with E-state index in [1.807, 2.05) is 0 Å². The third kappa shape index (κ3) is 26.0. The van der Waals surface area contributed by atoms with Gasteiger partial charge in [0.1, 0.15) is 9.12 Å². The molecule has 0 aliphatic carbocycles. The predicted molar refractivity (Wildman–Crippen MR) is 10.1 cm³/mol. The fraction of sp³-hybridized carbons (Fsp3) is 0. The third-order valence-corrected chi connectivity index (χ3v) is 0. The molecule has 0 atom stereocenters. The van der Waals surface area contributed by atoms with Crippen molar-refractivity contribution >= 4 is 9.12 Å². The molecule has 0 amide bonds. The molecule has 0 aromatic rings. The minimum atomic E-state index is 0. The van der Waals surface area contributed by atoms with E-state index in [1.54, 1.807) is 9.12 Å². The second-order valence-electron chi connectivity index (χ2n) is 0. The zero-order valence-corrected chi connectivity index (χ0v) is 13.0. The van der Waals surface area contributed by atoms with Gasteiger partial charge in [0.05, 0.1) is 0 Å². The first-order valence-electron chi connectivity index (χ1n) is 0.204. The number of rotatable bonds is 0. The van der Waals surface area contributed by atoms with Gasteiger partial charge in [-0.2, -0.15) is 0 Å². The summed E-state index contributed by atoms with van der Waals surface area (Å²) in [6, 6.07) is 0.